The molecule has 0 atom stereocenters. The van der Waals surface area contributed by atoms with E-state index in [0.29, 0.717) is 12.2 Å². The molecule has 0 aliphatic heterocycles. The van der Waals surface area contributed by atoms with Gasteiger partial charge in [0.1, 0.15) is 0 Å². The van der Waals surface area contributed by atoms with Gasteiger partial charge in [0.05, 0.1) is 6.61 Å². The van der Waals surface area contributed by atoms with Gasteiger partial charge in [0, 0.05) is 5.57 Å². The zero-order valence-electron chi connectivity index (χ0n) is 6.26. The third-order valence-corrected chi connectivity index (χ3v) is 1.34. The van der Waals surface area contributed by atoms with E-state index in [2.05, 4.69) is 12.6 Å². The van der Waals surface area contributed by atoms with Crippen LogP contribution < -0.4 is 0 Å². The first-order valence-corrected chi connectivity index (χ1v) is 3.72. The lowest BCUT2D eigenvalue weighted by Crippen LogP contribution is -2.05. The van der Waals surface area contributed by atoms with Gasteiger partial charge in [0.25, 0.3) is 0 Å². The number of esters is 1. The molecule has 0 spiro atoms. The first-order valence-electron chi connectivity index (χ1n) is 3.20. The Morgan fingerprint density at radius 3 is 2.70 bits per heavy atom. The lowest BCUT2D eigenvalue weighted by molar-refractivity contribution is -0.138. The standard InChI is InChI=1S/C7H12O2S/c1-3-4-9-7(8)6(2)5-10/h5,10H,3-4H2,1-2H3/b6-5+. The highest BCUT2D eigenvalue weighted by atomic mass is 32.1. The molecule has 0 aliphatic rings. The van der Waals surface area contributed by atoms with Crippen molar-refractivity contribution < 1.29 is 9.53 Å². The fourth-order valence-electron chi connectivity index (χ4n) is 0.361. The molecule has 0 aliphatic carbocycles. The minimum atomic E-state index is -0.281. The van der Waals surface area contributed by atoms with Gasteiger partial charge in [-0.15, -0.1) is 0 Å². The summed E-state index contributed by atoms with van der Waals surface area (Å²) in [6.07, 6.45) is 0.853. The van der Waals surface area contributed by atoms with Crippen LogP contribution in [0.3, 0.4) is 0 Å². The highest BCUT2D eigenvalue weighted by molar-refractivity contribution is 7.83. The Morgan fingerprint density at radius 1 is 1.70 bits per heavy atom. The second-order valence-electron chi connectivity index (χ2n) is 1.95. The molecule has 0 amide bonds. The molecule has 10 heavy (non-hydrogen) atoms. The number of thiol groups is 1. The summed E-state index contributed by atoms with van der Waals surface area (Å²) in [6.45, 7) is 4.11. The van der Waals surface area contributed by atoms with E-state index in [1.54, 1.807) is 6.92 Å². The molecule has 0 unspecified atom stereocenters. The van der Waals surface area contributed by atoms with Gasteiger partial charge in [-0.05, 0) is 18.8 Å². The highest BCUT2D eigenvalue weighted by Gasteiger charge is 2.01. The van der Waals surface area contributed by atoms with Crippen LogP contribution in [0.1, 0.15) is 20.3 Å². The molecule has 0 N–H and O–H groups in total. The van der Waals surface area contributed by atoms with Crippen molar-refractivity contribution in [1.82, 2.24) is 0 Å². The van der Waals surface area contributed by atoms with E-state index >= 15 is 0 Å². The van der Waals surface area contributed by atoms with Crippen molar-refractivity contribution in [3.05, 3.63) is 11.0 Å². The molecule has 0 bridgehead atoms. The second kappa shape index (κ2) is 5.35. The minimum absolute atomic E-state index is 0.281. The Bertz CT molecular complexity index is 141. The molecule has 3 heteroatoms. The van der Waals surface area contributed by atoms with Crippen molar-refractivity contribution in [1.29, 1.82) is 0 Å². The average Bonchev–Trinajstić information content (AvgIpc) is 1.98. The summed E-state index contributed by atoms with van der Waals surface area (Å²) in [6, 6.07) is 0. The molecule has 0 aromatic rings. The average molecular weight is 160 g/mol. The summed E-state index contributed by atoms with van der Waals surface area (Å²) in [5.74, 6) is -0.281. The van der Waals surface area contributed by atoms with Gasteiger partial charge >= 0.3 is 5.97 Å². The first kappa shape index (κ1) is 9.56. The molecule has 58 valence electrons. The Kier molecular flexibility index (Phi) is 5.12. The fourth-order valence-corrected chi connectivity index (χ4v) is 0.467. The zero-order valence-corrected chi connectivity index (χ0v) is 7.15. The van der Waals surface area contributed by atoms with E-state index in [1.165, 1.54) is 5.41 Å². The largest absolute Gasteiger partial charge is 0.462 e. The van der Waals surface area contributed by atoms with Crippen LogP contribution in [0.4, 0.5) is 0 Å². The monoisotopic (exact) mass is 160 g/mol. The number of rotatable bonds is 3. The van der Waals surface area contributed by atoms with E-state index < -0.39 is 0 Å². The second-order valence-corrected chi connectivity index (χ2v) is 2.21. The number of hydrogen-bond acceptors (Lipinski definition) is 3. The molecule has 0 saturated heterocycles. The van der Waals surface area contributed by atoms with Crippen LogP contribution in [0.5, 0.6) is 0 Å². The van der Waals surface area contributed by atoms with Crippen molar-refractivity contribution >= 4 is 18.6 Å². The van der Waals surface area contributed by atoms with Crippen LogP contribution in [-0.2, 0) is 9.53 Å². The predicted molar refractivity (Wildman–Crippen MR) is 44.0 cm³/mol. The lowest BCUT2D eigenvalue weighted by Gasteiger charge is -2.00. The van der Waals surface area contributed by atoms with E-state index in [1.807, 2.05) is 6.92 Å². The first-order chi connectivity index (χ1) is 4.72. The molecular formula is C7H12O2S. The van der Waals surface area contributed by atoms with Gasteiger partial charge in [-0.1, -0.05) is 6.92 Å². The molecular weight excluding hydrogens is 148 g/mol. The Labute approximate surface area is 66.7 Å². The van der Waals surface area contributed by atoms with E-state index in [4.69, 9.17) is 4.74 Å². The molecule has 2 nitrogen and oxygen atoms in total. The molecule has 0 saturated carbocycles. The minimum Gasteiger partial charge on any atom is -0.462 e. The SMILES string of the molecule is CCCOC(=O)/C(C)=C/S. The molecule has 0 heterocycles. The van der Waals surface area contributed by atoms with E-state index in [0.717, 1.165) is 6.42 Å². The Balaban J connectivity index is 3.63. The maximum Gasteiger partial charge on any atom is 0.334 e. The van der Waals surface area contributed by atoms with Crippen molar-refractivity contribution in [2.75, 3.05) is 6.61 Å². The molecule has 0 aromatic carbocycles. The fraction of sp³-hybridized carbons (Fsp3) is 0.571. The number of carbonyl (C=O) groups excluding carboxylic acids is 1. The number of ether oxygens (including phenoxy) is 1. The smallest absolute Gasteiger partial charge is 0.334 e. The van der Waals surface area contributed by atoms with E-state index in [-0.39, 0.29) is 5.97 Å². The topological polar surface area (TPSA) is 26.3 Å². The lowest BCUT2D eigenvalue weighted by atomic mass is 10.4. The van der Waals surface area contributed by atoms with Crippen LogP contribution >= 0.6 is 12.6 Å². The van der Waals surface area contributed by atoms with Gasteiger partial charge in [-0.25, -0.2) is 4.79 Å². The Hall–Kier alpha value is -0.440. The summed E-state index contributed by atoms with van der Waals surface area (Å²) >= 11 is 3.81. The van der Waals surface area contributed by atoms with Gasteiger partial charge in [-0.3, -0.25) is 0 Å². The summed E-state index contributed by atoms with van der Waals surface area (Å²) in [7, 11) is 0. The molecule has 0 radical (unpaired) electrons. The summed E-state index contributed by atoms with van der Waals surface area (Å²) in [5.41, 5.74) is 0.539. The maximum atomic E-state index is 10.8. The van der Waals surface area contributed by atoms with Crippen LogP contribution in [0.2, 0.25) is 0 Å². The highest BCUT2D eigenvalue weighted by Crippen LogP contribution is 1.98. The third-order valence-electron chi connectivity index (χ3n) is 0.953. The van der Waals surface area contributed by atoms with Crippen LogP contribution in [0.25, 0.3) is 0 Å². The summed E-state index contributed by atoms with van der Waals surface area (Å²) in [5, 5.41) is 1.44. The van der Waals surface area contributed by atoms with Crippen molar-refractivity contribution in [2.45, 2.75) is 20.3 Å². The summed E-state index contributed by atoms with van der Waals surface area (Å²) < 4.78 is 4.79. The van der Waals surface area contributed by atoms with Gasteiger partial charge in [0.15, 0.2) is 0 Å². The third kappa shape index (κ3) is 3.56. The number of hydrogen-bond donors (Lipinski definition) is 1. The van der Waals surface area contributed by atoms with Crippen LogP contribution in [0, 0.1) is 0 Å². The number of carbonyl (C=O) groups is 1. The van der Waals surface area contributed by atoms with E-state index in [9.17, 15) is 4.79 Å². The van der Waals surface area contributed by atoms with Gasteiger partial charge in [-0.2, -0.15) is 12.6 Å². The predicted octanol–water partition coefficient (Wildman–Crippen LogP) is 1.77. The van der Waals surface area contributed by atoms with Crippen LogP contribution in [-0.4, -0.2) is 12.6 Å². The van der Waals surface area contributed by atoms with Crippen molar-refractivity contribution in [2.24, 2.45) is 0 Å². The summed E-state index contributed by atoms with van der Waals surface area (Å²) in [4.78, 5) is 10.8. The van der Waals surface area contributed by atoms with Gasteiger partial charge in [0.2, 0.25) is 0 Å². The van der Waals surface area contributed by atoms with Crippen LogP contribution in [0.15, 0.2) is 11.0 Å². The van der Waals surface area contributed by atoms with Gasteiger partial charge < -0.3 is 4.74 Å². The normalized spacial score (nSPS) is 11.3. The maximum absolute atomic E-state index is 10.8. The van der Waals surface area contributed by atoms with Crippen molar-refractivity contribution in [3.8, 4) is 0 Å². The zero-order chi connectivity index (χ0) is 7.98. The molecule has 0 rings (SSSR count). The quantitative estimate of drug-likeness (QED) is 0.387. The molecule has 0 aromatic heterocycles. The Morgan fingerprint density at radius 2 is 2.30 bits per heavy atom. The van der Waals surface area contributed by atoms with Crippen molar-refractivity contribution in [3.63, 3.8) is 0 Å². The molecule has 0 fully saturated rings.